The van der Waals surface area contributed by atoms with Gasteiger partial charge in [0.05, 0.1) is 0 Å². The highest BCUT2D eigenvalue weighted by Gasteiger charge is 2.24. The van der Waals surface area contributed by atoms with Gasteiger partial charge in [0.25, 0.3) is 0 Å². The van der Waals surface area contributed by atoms with Gasteiger partial charge in [-0.25, -0.2) is 0 Å². The van der Waals surface area contributed by atoms with Crippen LogP contribution >= 0.6 is 0 Å². The molecule has 4 unspecified atom stereocenters. The molecule has 0 aromatic heterocycles. The summed E-state index contributed by atoms with van der Waals surface area (Å²) >= 11 is 0. The van der Waals surface area contributed by atoms with Crippen LogP contribution in [0, 0.1) is 0 Å². The lowest BCUT2D eigenvalue weighted by atomic mass is 9.80. The van der Waals surface area contributed by atoms with E-state index >= 15 is 0 Å². The van der Waals surface area contributed by atoms with Gasteiger partial charge in [-0.15, -0.1) is 0 Å². The van der Waals surface area contributed by atoms with E-state index in [1.54, 1.807) is 12.1 Å². The fourth-order valence-electron chi connectivity index (χ4n) is 6.29. The highest BCUT2D eigenvalue weighted by atomic mass is 16.3. The zero-order chi connectivity index (χ0) is 30.4. The highest BCUT2D eigenvalue weighted by molar-refractivity contribution is 6.08. The fraction of sp³-hybridized carbons (Fsp3) is 0.615. The minimum Gasteiger partial charge on any atom is -0.508 e. The van der Waals surface area contributed by atoms with Crippen LogP contribution in [-0.2, 0) is 0 Å². The van der Waals surface area contributed by atoms with Crippen LogP contribution in [0.5, 0.6) is 5.75 Å². The van der Waals surface area contributed by atoms with Crippen molar-refractivity contribution in [2.24, 2.45) is 0 Å². The first-order valence-corrected chi connectivity index (χ1v) is 16.9. The molecule has 0 spiro atoms. The molecule has 2 aromatic carbocycles. The predicted octanol–water partition coefficient (Wildman–Crippen LogP) is 12.5. The molecule has 0 radical (unpaired) electrons. The SMILES string of the molecule is CCCCC(C)c1ccc(C(C)CCCC)c(/C=C/C(=O)c2ccc(O)c(C(C)CCCC)c2C(C)CCCC)c1. The second-order valence-electron chi connectivity index (χ2n) is 12.7. The van der Waals surface area contributed by atoms with E-state index in [-0.39, 0.29) is 17.6 Å². The Bertz CT molecular complexity index is 1090. The predicted molar refractivity (Wildman–Crippen MR) is 180 cm³/mol. The Labute approximate surface area is 253 Å². The molecule has 2 aromatic rings. The number of carbonyl (C=O) groups excluding carboxylic acids is 1. The van der Waals surface area contributed by atoms with Gasteiger partial charge in [0.1, 0.15) is 5.75 Å². The van der Waals surface area contributed by atoms with Gasteiger partial charge < -0.3 is 5.11 Å². The van der Waals surface area contributed by atoms with Crippen molar-refractivity contribution in [1.29, 1.82) is 0 Å². The Morgan fingerprint density at radius 2 is 1.20 bits per heavy atom. The van der Waals surface area contributed by atoms with Gasteiger partial charge in [0.2, 0.25) is 0 Å². The van der Waals surface area contributed by atoms with Gasteiger partial charge in [-0.2, -0.15) is 0 Å². The Hall–Kier alpha value is -2.35. The van der Waals surface area contributed by atoms with E-state index in [2.05, 4.69) is 79.7 Å². The number of aromatic hydroxyl groups is 1. The van der Waals surface area contributed by atoms with Crippen molar-refractivity contribution in [3.05, 3.63) is 69.8 Å². The van der Waals surface area contributed by atoms with Gasteiger partial charge in [-0.1, -0.05) is 131 Å². The largest absolute Gasteiger partial charge is 0.508 e. The van der Waals surface area contributed by atoms with Crippen LogP contribution in [0.25, 0.3) is 6.08 Å². The summed E-state index contributed by atoms with van der Waals surface area (Å²) in [5, 5.41) is 11.0. The smallest absolute Gasteiger partial charge is 0.186 e. The van der Waals surface area contributed by atoms with E-state index in [0.717, 1.165) is 61.6 Å². The molecule has 0 aliphatic rings. The van der Waals surface area contributed by atoms with Crippen LogP contribution in [0.3, 0.4) is 0 Å². The highest BCUT2D eigenvalue weighted by Crippen LogP contribution is 2.40. The van der Waals surface area contributed by atoms with E-state index in [1.165, 1.54) is 48.8 Å². The summed E-state index contributed by atoms with van der Waals surface area (Å²) in [5.41, 5.74) is 6.69. The van der Waals surface area contributed by atoms with Crippen molar-refractivity contribution < 1.29 is 9.90 Å². The van der Waals surface area contributed by atoms with Crippen LogP contribution in [-0.4, -0.2) is 10.9 Å². The third-order valence-corrected chi connectivity index (χ3v) is 9.10. The summed E-state index contributed by atoms with van der Waals surface area (Å²) in [5.74, 6) is 1.79. The summed E-state index contributed by atoms with van der Waals surface area (Å²) in [7, 11) is 0. The first-order chi connectivity index (χ1) is 19.7. The molecule has 0 saturated carbocycles. The number of ketones is 1. The van der Waals surface area contributed by atoms with Crippen LogP contribution in [0.15, 0.2) is 36.4 Å². The molecule has 0 saturated heterocycles. The number of hydrogen-bond donors (Lipinski definition) is 1. The molecule has 0 aliphatic heterocycles. The van der Waals surface area contributed by atoms with E-state index in [4.69, 9.17) is 0 Å². The molecule has 1 N–H and O–H groups in total. The van der Waals surface area contributed by atoms with E-state index < -0.39 is 0 Å². The van der Waals surface area contributed by atoms with Crippen molar-refractivity contribution >= 4 is 11.9 Å². The molecule has 0 heterocycles. The Morgan fingerprint density at radius 1 is 0.683 bits per heavy atom. The Balaban J connectivity index is 2.56. The average Bonchev–Trinajstić information content (AvgIpc) is 2.98. The third-order valence-electron chi connectivity index (χ3n) is 9.10. The molecular weight excluding hydrogens is 500 g/mol. The second-order valence-corrected chi connectivity index (χ2v) is 12.7. The van der Waals surface area contributed by atoms with E-state index in [0.29, 0.717) is 17.6 Å². The summed E-state index contributed by atoms with van der Waals surface area (Å²) in [6.07, 6.45) is 17.6. The number of rotatable bonds is 19. The normalized spacial score (nSPS) is 14.7. The van der Waals surface area contributed by atoms with Crippen LogP contribution in [0.2, 0.25) is 0 Å². The van der Waals surface area contributed by atoms with Crippen LogP contribution < -0.4 is 0 Å². The quantitative estimate of drug-likeness (QED) is 0.137. The van der Waals surface area contributed by atoms with Gasteiger partial charge in [0.15, 0.2) is 5.78 Å². The zero-order valence-corrected chi connectivity index (χ0v) is 27.7. The van der Waals surface area contributed by atoms with Crippen molar-refractivity contribution in [1.82, 2.24) is 0 Å². The molecule has 0 aliphatic carbocycles. The molecule has 2 nitrogen and oxygen atoms in total. The maximum absolute atomic E-state index is 14.0. The Morgan fingerprint density at radius 3 is 1.76 bits per heavy atom. The molecule has 41 heavy (non-hydrogen) atoms. The third kappa shape index (κ3) is 10.2. The molecule has 2 rings (SSSR count). The minimum absolute atomic E-state index is 0.0453. The van der Waals surface area contributed by atoms with E-state index in [1.807, 2.05) is 6.07 Å². The van der Waals surface area contributed by atoms with Crippen LogP contribution in [0.1, 0.15) is 194 Å². The first kappa shape index (κ1) is 34.8. The van der Waals surface area contributed by atoms with Crippen molar-refractivity contribution in [3.8, 4) is 5.75 Å². The van der Waals surface area contributed by atoms with Gasteiger partial charge in [-0.3, -0.25) is 4.79 Å². The van der Waals surface area contributed by atoms with Crippen molar-refractivity contribution in [2.45, 2.75) is 156 Å². The standard InChI is InChI=1S/C39H60O2/c1-9-13-17-28(5)32-21-23-34(29(6)18-14-10-2)33(27-32)22-25-36(40)35-24-26-37(41)39(31(8)20-16-12-4)38(35)30(7)19-15-11-3/h21-31,41H,9-20H2,1-8H3/b25-22+. The minimum atomic E-state index is 0.0453. The first-order valence-electron chi connectivity index (χ1n) is 16.9. The maximum atomic E-state index is 14.0. The lowest BCUT2D eigenvalue weighted by Crippen LogP contribution is -2.11. The number of unbranched alkanes of at least 4 members (excludes halogenated alkanes) is 4. The number of allylic oxidation sites excluding steroid dienone is 1. The summed E-state index contributed by atoms with van der Waals surface area (Å²) in [4.78, 5) is 14.0. The molecule has 0 bridgehead atoms. The fourth-order valence-corrected chi connectivity index (χ4v) is 6.29. The van der Waals surface area contributed by atoms with Gasteiger partial charge >= 0.3 is 0 Å². The lowest BCUT2D eigenvalue weighted by Gasteiger charge is -2.24. The number of carbonyl (C=O) groups is 1. The molecule has 2 heteroatoms. The number of benzene rings is 2. The van der Waals surface area contributed by atoms with Crippen LogP contribution in [0.4, 0.5) is 0 Å². The topological polar surface area (TPSA) is 37.3 Å². The monoisotopic (exact) mass is 560 g/mol. The second kappa shape index (κ2) is 18.2. The number of hydrogen-bond acceptors (Lipinski definition) is 2. The average molecular weight is 561 g/mol. The molecule has 4 atom stereocenters. The summed E-state index contributed by atoms with van der Waals surface area (Å²) in [6, 6.07) is 10.6. The number of phenolic OH excluding ortho intramolecular Hbond substituents is 1. The molecule has 0 fully saturated rings. The number of phenols is 1. The van der Waals surface area contributed by atoms with Crippen molar-refractivity contribution in [3.63, 3.8) is 0 Å². The Kier molecular flexibility index (Phi) is 15.5. The summed E-state index contributed by atoms with van der Waals surface area (Å²) in [6.45, 7) is 18.0. The maximum Gasteiger partial charge on any atom is 0.186 e. The van der Waals surface area contributed by atoms with E-state index in [9.17, 15) is 9.90 Å². The van der Waals surface area contributed by atoms with Gasteiger partial charge in [-0.05, 0) is 89.8 Å². The summed E-state index contributed by atoms with van der Waals surface area (Å²) < 4.78 is 0. The lowest BCUT2D eigenvalue weighted by molar-refractivity contribution is 0.104. The molecule has 0 amide bonds. The van der Waals surface area contributed by atoms with Crippen molar-refractivity contribution in [2.75, 3.05) is 0 Å². The molecule has 228 valence electrons. The molecular formula is C39H60O2. The zero-order valence-electron chi connectivity index (χ0n) is 27.7. The van der Waals surface area contributed by atoms with Gasteiger partial charge in [0, 0.05) is 11.1 Å².